The molecule has 0 bridgehead atoms. The Morgan fingerprint density at radius 1 is 1.43 bits per heavy atom. The van der Waals surface area contributed by atoms with Crippen molar-refractivity contribution in [3.8, 4) is 5.75 Å². The van der Waals surface area contributed by atoms with Crippen LogP contribution in [0, 0.1) is 10.1 Å². The first-order valence-corrected chi connectivity index (χ1v) is 7.98. The van der Waals surface area contributed by atoms with Gasteiger partial charge in [0.1, 0.15) is 5.76 Å². The van der Waals surface area contributed by atoms with Gasteiger partial charge in [0.05, 0.1) is 24.0 Å². The second-order valence-electron chi connectivity index (χ2n) is 4.53. The van der Waals surface area contributed by atoms with Gasteiger partial charge >= 0.3 is 5.69 Å². The molecule has 0 radical (unpaired) electrons. The molecule has 23 heavy (non-hydrogen) atoms. The van der Waals surface area contributed by atoms with Crippen LogP contribution in [0.15, 0.2) is 41.0 Å². The molecular weight excluding hydrogens is 320 g/mol. The molecule has 122 valence electrons. The van der Waals surface area contributed by atoms with Crippen LogP contribution in [0.1, 0.15) is 16.1 Å². The van der Waals surface area contributed by atoms with Crippen LogP contribution in [-0.4, -0.2) is 30.2 Å². The van der Waals surface area contributed by atoms with Crippen LogP contribution in [0.5, 0.6) is 5.75 Å². The molecule has 0 unspecified atom stereocenters. The number of nitrogens with zero attached hydrogens (tertiary/aromatic N) is 1. The van der Waals surface area contributed by atoms with Gasteiger partial charge in [-0.15, -0.1) is 0 Å². The van der Waals surface area contributed by atoms with Crippen LogP contribution in [0.3, 0.4) is 0 Å². The zero-order valence-corrected chi connectivity index (χ0v) is 13.3. The van der Waals surface area contributed by atoms with E-state index in [4.69, 9.17) is 9.15 Å². The van der Waals surface area contributed by atoms with Crippen LogP contribution in [-0.2, 0) is 5.75 Å². The summed E-state index contributed by atoms with van der Waals surface area (Å²) < 4.78 is 10.1. The second-order valence-corrected chi connectivity index (χ2v) is 5.64. The SMILES string of the molecule is COc1ccc(C(=O)NCCSCc2ccco2)cc1[N+](=O)[O-]. The van der Waals surface area contributed by atoms with Crippen molar-refractivity contribution in [1.29, 1.82) is 0 Å². The quantitative estimate of drug-likeness (QED) is 0.452. The molecule has 0 saturated carbocycles. The van der Waals surface area contributed by atoms with Crippen molar-refractivity contribution in [1.82, 2.24) is 5.32 Å². The lowest BCUT2D eigenvalue weighted by molar-refractivity contribution is -0.385. The molecule has 0 aliphatic heterocycles. The lowest BCUT2D eigenvalue weighted by Gasteiger charge is -2.06. The molecule has 2 rings (SSSR count). The number of methoxy groups -OCH3 is 1. The Hall–Kier alpha value is -2.48. The van der Waals surface area contributed by atoms with Crippen LogP contribution in [0.4, 0.5) is 5.69 Å². The molecule has 1 aromatic heterocycles. The molecule has 1 aromatic carbocycles. The Kier molecular flexibility index (Phi) is 6.04. The summed E-state index contributed by atoms with van der Waals surface area (Å²) in [5.74, 6) is 2.10. The Morgan fingerprint density at radius 3 is 2.91 bits per heavy atom. The number of nitrogens with one attached hydrogen (secondary N) is 1. The molecule has 0 fully saturated rings. The Morgan fingerprint density at radius 2 is 2.26 bits per heavy atom. The number of hydrogen-bond acceptors (Lipinski definition) is 6. The van der Waals surface area contributed by atoms with E-state index in [1.807, 2.05) is 12.1 Å². The predicted octanol–water partition coefficient (Wildman–Crippen LogP) is 2.86. The number of amides is 1. The normalized spacial score (nSPS) is 10.3. The van der Waals surface area contributed by atoms with E-state index < -0.39 is 4.92 Å². The highest BCUT2D eigenvalue weighted by molar-refractivity contribution is 7.98. The molecule has 1 N–H and O–H groups in total. The van der Waals surface area contributed by atoms with Crippen molar-refractivity contribution in [3.63, 3.8) is 0 Å². The molecule has 1 heterocycles. The fraction of sp³-hybridized carbons (Fsp3) is 0.267. The zero-order valence-electron chi connectivity index (χ0n) is 12.5. The third-order valence-corrected chi connectivity index (χ3v) is 3.98. The van der Waals surface area contributed by atoms with E-state index in [1.54, 1.807) is 18.0 Å². The average Bonchev–Trinajstić information content (AvgIpc) is 3.07. The van der Waals surface area contributed by atoms with Gasteiger partial charge in [0, 0.05) is 23.9 Å². The highest BCUT2D eigenvalue weighted by Gasteiger charge is 2.17. The molecule has 0 atom stereocenters. The van der Waals surface area contributed by atoms with Gasteiger partial charge in [-0.05, 0) is 24.3 Å². The highest BCUT2D eigenvalue weighted by Crippen LogP contribution is 2.27. The number of nitro groups is 1. The monoisotopic (exact) mass is 336 g/mol. The van der Waals surface area contributed by atoms with Crippen LogP contribution in [0.2, 0.25) is 0 Å². The molecule has 0 aliphatic carbocycles. The minimum absolute atomic E-state index is 0.126. The molecule has 8 heteroatoms. The first kappa shape index (κ1) is 16.9. The molecule has 1 amide bonds. The standard InChI is InChI=1S/C15H16N2O5S/c1-21-14-5-4-11(9-13(14)17(19)20)15(18)16-6-8-23-10-12-3-2-7-22-12/h2-5,7,9H,6,8,10H2,1H3,(H,16,18). The molecule has 2 aromatic rings. The van der Waals surface area contributed by atoms with Gasteiger partial charge in [-0.2, -0.15) is 11.8 Å². The lowest BCUT2D eigenvalue weighted by atomic mass is 10.1. The van der Waals surface area contributed by atoms with Crippen LogP contribution >= 0.6 is 11.8 Å². The van der Waals surface area contributed by atoms with E-state index in [-0.39, 0.29) is 22.9 Å². The number of hydrogen-bond donors (Lipinski definition) is 1. The van der Waals surface area contributed by atoms with E-state index in [2.05, 4.69) is 5.32 Å². The van der Waals surface area contributed by atoms with Crippen molar-refractivity contribution in [2.75, 3.05) is 19.4 Å². The topological polar surface area (TPSA) is 94.6 Å². The number of rotatable bonds is 8. The zero-order chi connectivity index (χ0) is 16.7. The van der Waals surface area contributed by atoms with E-state index in [0.717, 1.165) is 11.5 Å². The number of benzene rings is 1. The number of furan rings is 1. The second kappa shape index (κ2) is 8.23. The fourth-order valence-electron chi connectivity index (χ4n) is 1.88. The lowest BCUT2D eigenvalue weighted by Crippen LogP contribution is -2.25. The number of carbonyl (C=O) groups excluding carboxylic acids is 1. The fourth-order valence-corrected chi connectivity index (χ4v) is 2.64. The van der Waals surface area contributed by atoms with Crippen LogP contribution in [0.25, 0.3) is 0 Å². The molecule has 0 aliphatic rings. The molecule has 0 saturated heterocycles. The summed E-state index contributed by atoms with van der Waals surface area (Å²) in [6.45, 7) is 0.462. The largest absolute Gasteiger partial charge is 0.490 e. The van der Waals surface area contributed by atoms with Gasteiger partial charge in [0.15, 0.2) is 5.75 Å². The Balaban J connectivity index is 1.83. The summed E-state index contributed by atoms with van der Waals surface area (Å²) in [5.41, 5.74) is 0.000814. The third-order valence-electron chi connectivity index (χ3n) is 2.99. The van der Waals surface area contributed by atoms with Crippen molar-refractivity contribution in [2.45, 2.75) is 5.75 Å². The minimum Gasteiger partial charge on any atom is -0.490 e. The van der Waals surface area contributed by atoms with Gasteiger partial charge < -0.3 is 14.5 Å². The summed E-state index contributed by atoms with van der Waals surface area (Å²) in [4.78, 5) is 22.4. The Labute approximate surface area is 137 Å². The van der Waals surface area contributed by atoms with Crippen LogP contribution < -0.4 is 10.1 Å². The Bertz CT molecular complexity index is 673. The van der Waals surface area contributed by atoms with E-state index in [9.17, 15) is 14.9 Å². The van der Waals surface area contributed by atoms with Crippen molar-refractivity contribution >= 4 is 23.4 Å². The van der Waals surface area contributed by atoms with E-state index in [1.165, 1.54) is 25.3 Å². The summed E-state index contributed by atoms with van der Waals surface area (Å²) in [5, 5.41) is 13.7. The summed E-state index contributed by atoms with van der Waals surface area (Å²) in [6.07, 6.45) is 1.62. The molecule has 7 nitrogen and oxygen atoms in total. The molecule has 0 spiro atoms. The predicted molar refractivity (Wildman–Crippen MR) is 86.9 cm³/mol. The summed E-state index contributed by atoms with van der Waals surface area (Å²) >= 11 is 1.63. The van der Waals surface area contributed by atoms with Crippen molar-refractivity contribution in [2.24, 2.45) is 0 Å². The van der Waals surface area contributed by atoms with Gasteiger partial charge in [-0.3, -0.25) is 14.9 Å². The van der Waals surface area contributed by atoms with Gasteiger partial charge in [0.25, 0.3) is 5.91 Å². The number of thioether (sulfide) groups is 1. The first-order valence-electron chi connectivity index (χ1n) is 6.82. The smallest absolute Gasteiger partial charge is 0.311 e. The van der Waals surface area contributed by atoms with Crippen molar-refractivity contribution in [3.05, 3.63) is 58.0 Å². The van der Waals surface area contributed by atoms with E-state index in [0.29, 0.717) is 12.3 Å². The average molecular weight is 336 g/mol. The van der Waals surface area contributed by atoms with Gasteiger partial charge in [-0.1, -0.05) is 0 Å². The van der Waals surface area contributed by atoms with Gasteiger partial charge in [-0.25, -0.2) is 0 Å². The highest BCUT2D eigenvalue weighted by atomic mass is 32.2. The maximum Gasteiger partial charge on any atom is 0.311 e. The number of nitro benzene ring substituents is 1. The first-order chi connectivity index (χ1) is 11.1. The van der Waals surface area contributed by atoms with E-state index >= 15 is 0 Å². The summed E-state index contributed by atoms with van der Waals surface area (Å²) in [6, 6.07) is 7.84. The van der Waals surface area contributed by atoms with Crippen molar-refractivity contribution < 1.29 is 18.9 Å². The minimum atomic E-state index is -0.575. The maximum atomic E-state index is 12.0. The number of carbonyl (C=O) groups is 1. The maximum absolute atomic E-state index is 12.0. The molecular formula is C15H16N2O5S. The van der Waals surface area contributed by atoms with Gasteiger partial charge in [0.2, 0.25) is 0 Å². The number of ether oxygens (including phenoxy) is 1. The summed E-state index contributed by atoms with van der Waals surface area (Å²) in [7, 11) is 1.35. The third kappa shape index (κ3) is 4.75.